The molecule has 0 saturated carbocycles. The van der Waals surface area contributed by atoms with Gasteiger partial charge in [-0.25, -0.2) is 0 Å². The zero-order chi connectivity index (χ0) is 8.10. The van der Waals surface area contributed by atoms with Crippen LogP contribution in [0.2, 0.25) is 0 Å². The van der Waals surface area contributed by atoms with Crippen molar-refractivity contribution in [3.8, 4) is 0 Å². The first-order valence-electron chi connectivity index (χ1n) is 4.04. The minimum absolute atomic E-state index is 0.113. The smallest absolute Gasteiger partial charge is 0.0948 e. The molecule has 1 saturated heterocycles. The first-order chi connectivity index (χ1) is 5.34. The molecule has 0 unspecified atom stereocenters. The fourth-order valence-electron chi connectivity index (χ4n) is 1.13. The molecule has 1 aliphatic rings. The van der Waals surface area contributed by atoms with Gasteiger partial charge in [-0.3, -0.25) is 0 Å². The van der Waals surface area contributed by atoms with Crippen LogP contribution in [0.4, 0.5) is 0 Å². The van der Waals surface area contributed by atoms with Crippen LogP contribution >= 0.6 is 0 Å². The second-order valence-electron chi connectivity index (χ2n) is 2.81. The molecule has 1 rings (SSSR count). The summed E-state index contributed by atoms with van der Waals surface area (Å²) in [6.45, 7) is 2.63. The third-order valence-electron chi connectivity index (χ3n) is 1.84. The van der Waals surface area contributed by atoms with Gasteiger partial charge in [0, 0.05) is 0 Å². The number of nitrogens with one attached hydrogen (secondary N) is 1. The van der Waals surface area contributed by atoms with E-state index in [-0.39, 0.29) is 12.1 Å². The van der Waals surface area contributed by atoms with Crippen molar-refractivity contribution in [2.24, 2.45) is 5.73 Å². The van der Waals surface area contributed by atoms with Crippen molar-refractivity contribution >= 4 is 0 Å². The summed E-state index contributed by atoms with van der Waals surface area (Å²) < 4.78 is 5.06. The summed E-state index contributed by atoms with van der Waals surface area (Å²) >= 11 is 0. The molecule has 2 atom stereocenters. The van der Waals surface area contributed by atoms with Crippen molar-refractivity contribution < 1.29 is 9.84 Å². The van der Waals surface area contributed by atoms with E-state index in [9.17, 15) is 5.11 Å². The van der Waals surface area contributed by atoms with Gasteiger partial charge in [0.05, 0.1) is 25.4 Å². The van der Waals surface area contributed by atoms with Crippen molar-refractivity contribution in [3.05, 3.63) is 0 Å². The highest BCUT2D eigenvalue weighted by Crippen LogP contribution is 2.04. The Morgan fingerprint density at radius 3 is 2.91 bits per heavy atom. The lowest BCUT2D eigenvalue weighted by Gasteiger charge is -2.13. The Labute approximate surface area is 66.7 Å². The fourth-order valence-corrected chi connectivity index (χ4v) is 1.13. The van der Waals surface area contributed by atoms with Crippen LogP contribution in [0.5, 0.6) is 0 Å². The Balaban J connectivity index is 2.05. The van der Waals surface area contributed by atoms with Gasteiger partial charge in [-0.05, 0) is 19.5 Å². The lowest BCUT2D eigenvalue weighted by Crippen LogP contribution is -2.39. The maximum absolute atomic E-state index is 9.27. The zero-order valence-electron chi connectivity index (χ0n) is 6.62. The molecule has 11 heavy (non-hydrogen) atoms. The molecule has 1 aliphatic heterocycles. The van der Waals surface area contributed by atoms with Crippen molar-refractivity contribution in [2.75, 3.05) is 26.3 Å². The molecule has 0 radical (unpaired) electrons. The Bertz CT molecular complexity index is 111. The first-order valence-corrected chi connectivity index (χ1v) is 4.04. The summed E-state index contributed by atoms with van der Waals surface area (Å²) in [5, 5.41) is 12.4. The van der Waals surface area contributed by atoms with Gasteiger partial charge in [0.1, 0.15) is 0 Å². The number of aliphatic hydroxyl groups is 1. The minimum Gasteiger partial charge on any atom is -0.389 e. The van der Waals surface area contributed by atoms with Gasteiger partial charge in [0.25, 0.3) is 0 Å². The van der Waals surface area contributed by atoms with Crippen molar-refractivity contribution in [1.82, 2.24) is 5.32 Å². The van der Waals surface area contributed by atoms with Gasteiger partial charge in [-0.2, -0.15) is 0 Å². The quantitative estimate of drug-likeness (QED) is 0.446. The van der Waals surface area contributed by atoms with Crippen LogP contribution in [-0.4, -0.2) is 43.6 Å². The molecular formula is C7H16N2O2. The monoisotopic (exact) mass is 160 g/mol. The molecule has 1 heterocycles. The second-order valence-corrected chi connectivity index (χ2v) is 2.81. The predicted octanol–water partition coefficient (Wildman–Crippen LogP) is -1.32. The Morgan fingerprint density at radius 2 is 2.36 bits per heavy atom. The van der Waals surface area contributed by atoms with Crippen LogP contribution in [0.1, 0.15) is 6.42 Å². The van der Waals surface area contributed by atoms with Gasteiger partial charge < -0.3 is 20.9 Å². The van der Waals surface area contributed by atoms with E-state index in [2.05, 4.69) is 5.32 Å². The number of aliphatic hydroxyl groups excluding tert-OH is 1. The number of hydrogen-bond donors (Lipinski definition) is 3. The first kappa shape index (κ1) is 8.93. The van der Waals surface area contributed by atoms with E-state index in [0.717, 1.165) is 13.0 Å². The van der Waals surface area contributed by atoms with Gasteiger partial charge in [-0.1, -0.05) is 0 Å². The van der Waals surface area contributed by atoms with Crippen LogP contribution in [0, 0.1) is 0 Å². The molecule has 0 aromatic rings. The summed E-state index contributed by atoms with van der Waals surface area (Å²) in [6, 6.07) is 0.113. The molecule has 4 heteroatoms. The van der Waals surface area contributed by atoms with E-state index >= 15 is 0 Å². The normalized spacial score (nSPS) is 31.1. The molecule has 0 bridgehead atoms. The maximum atomic E-state index is 9.27. The number of hydrogen-bond acceptors (Lipinski definition) is 4. The van der Waals surface area contributed by atoms with Crippen molar-refractivity contribution in [1.29, 1.82) is 0 Å². The molecule has 0 aromatic heterocycles. The molecule has 4 nitrogen and oxygen atoms in total. The Morgan fingerprint density at radius 1 is 1.55 bits per heavy atom. The van der Waals surface area contributed by atoms with E-state index in [0.29, 0.717) is 19.8 Å². The molecule has 0 amide bonds. The molecule has 0 aliphatic carbocycles. The van der Waals surface area contributed by atoms with Crippen LogP contribution < -0.4 is 11.1 Å². The van der Waals surface area contributed by atoms with E-state index in [4.69, 9.17) is 10.5 Å². The Hall–Kier alpha value is -0.160. The van der Waals surface area contributed by atoms with E-state index in [1.54, 1.807) is 0 Å². The lowest BCUT2D eigenvalue weighted by atomic mass is 10.2. The molecule has 66 valence electrons. The second kappa shape index (κ2) is 4.66. The van der Waals surface area contributed by atoms with E-state index in [1.807, 2.05) is 0 Å². The highest BCUT2D eigenvalue weighted by Gasteiger charge is 2.24. The van der Waals surface area contributed by atoms with Gasteiger partial charge in [0.15, 0.2) is 0 Å². The van der Waals surface area contributed by atoms with Crippen molar-refractivity contribution in [2.45, 2.75) is 18.6 Å². The van der Waals surface area contributed by atoms with Gasteiger partial charge >= 0.3 is 0 Å². The fraction of sp³-hybridized carbons (Fsp3) is 1.00. The summed E-state index contributed by atoms with van der Waals surface area (Å²) in [5.74, 6) is 0. The highest BCUT2D eigenvalue weighted by molar-refractivity contribution is 4.80. The summed E-state index contributed by atoms with van der Waals surface area (Å²) in [4.78, 5) is 0. The summed E-state index contributed by atoms with van der Waals surface area (Å²) in [7, 11) is 0. The van der Waals surface area contributed by atoms with E-state index in [1.165, 1.54) is 0 Å². The van der Waals surface area contributed by atoms with Crippen LogP contribution in [0.15, 0.2) is 0 Å². The van der Waals surface area contributed by atoms with E-state index < -0.39 is 0 Å². The highest BCUT2D eigenvalue weighted by atomic mass is 16.5. The van der Waals surface area contributed by atoms with Crippen LogP contribution in [-0.2, 0) is 4.74 Å². The molecule has 4 N–H and O–H groups in total. The molecule has 0 spiro atoms. The Kier molecular flexibility index (Phi) is 3.79. The third-order valence-corrected chi connectivity index (χ3v) is 1.84. The molecule has 1 fully saturated rings. The van der Waals surface area contributed by atoms with Gasteiger partial charge in [-0.15, -0.1) is 0 Å². The largest absolute Gasteiger partial charge is 0.389 e. The average molecular weight is 160 g/mol. The third kappa shape index (κ3) is 2.75. The summed E-state index contributed by atoms with van der Waals surface area (Å²) in [5.41, 5.74) is 5.31. The standard InChI is InChI=1S/C7H16N2O2/c8-2-1-3-9-6-4-11-5-7(6)10/h6-7,9-10H,1-5,8H2/t6-,7-/m0/s1. The number of rotatable bonds is 4. The molecule has 0 aromatic carbocycles. The summed E-state index contributed by atoms with van der Waals surface area (Å²) in [6.07, 6.45) is 0.608. The number of nitrogens with two attached hydrogens (primary N) is 1. The van der Waals surface area contributed by atoms with Crippen LogP contribution in [0.3, 0.4) is 0 Å². The van der Waals surface area contributed by atoms with Gasteiger partial charge in [0.2, 0.25) is 0 Å². The zero-order valence-corrected chi connectivity index (χ0v) is 6.62. The SMILES string of the molecule is NCCCN[C@H]1COC[C@@H]1O. The maximum Gasteiger partial charge on any atom is 0.0948 e. The van der Waals surface area contributed by atoms with Crippen molar-refractivity contribution in [3.63, 3.8) is 0 Å². The lowest BCUT2D eigenvalue weighted by molar-refractivity contribution is 0.122. The number of ether oxygens (including phenoxy) is 1. The van der Waals surface area contributed by atoms with Crippen LogP contribution in [0.25, 0.3) is 0 Å². The topological polar surface area (TPSA) is 67.5 Å². The molecular weight excluding hydrogens is 144 g/mol. The average Bonchev–Trinajstić information content (AvgIpc) is 2.37. The minimum atomic E-state index is -0.340. The predicted molar refractivity (Wildman–Crippen MR) is 42.3 cm³/mol.